The molecule has 0 spiro atoms. The molecule has 1 aromatic carbocycles. The maximum atomic E-state index is 12.5. The zero-order valence-electron chi connectivity index (χ0n) is 8.26. The van der Waals surface area contributed by atoms with Crippen LogP contribution in [0.25, 0.3) is 0 Å². The number of ether oxygens (including phenoxy) is 1. The SMILES string of the molecule is FCC(CF)(CF)COc1ccccc1. The number of para-hydroxylation sites is 1. The van der Waals surface area contributed by atoms with Gasteiger partial charge in [-0.2, -0.15) is 0 Å². The van der Waals surface area contributed by atoms with E-state index in [4.69, 9.17) is 4.74 Å². The summed E-state index contributed by atoms with van der Waals surface area (Å²) in [6, 6.07) is 8.56. The highest BCUT2D eigenvalue weighted by Gasteiger charge is 2.32. The van der Waals surface area contributed by atoms with Crippen molar-refractivity contribution in [3.8, 4) is 5.75 Å². The van der Waals surface area contributed by atoms with Crippen LogP contribution in [0.4, 0.5) is 13.2 Å². The quantitative estimate of drug-likeness (QED) is 0.713. The van der Waals surface area contributed by atoms with Gasteiger partial charge in [0, 0.05) is 0 Å². The molecule has 4 heteroatoms. The van der Waals surface area contributed by atoms with Crippen molar-refractivity contribution in [2.24, 2.45) is 5.41 Å². The van der Waals surface area contributed by atoms with Crippen molar-refractivity contribution in [3.63, 3.8) is 0 Å². The maximum Gasteiger partial charge on any atom is 0.119 e. The van der Waals surface area contributed by atoms with E-state index in [0.29, 0.717) is 5.75 Å². The Labute approximate surface area is 86.9 Å². The molecule has 0 amide bonds. The molecule has 0 saturated heterocycles. The normalized spacial score (nSPS) is 11.4. The van der Waals surface area contributed by atoms with Gasteiger partial charge in [-0.15, -0.1) is 0 Å². The third-order valence-corrected chi connectivity index (χ3v) is 2.14. The van der Waals surface area contributed by atoms with Crippen LogP contribution in [0, 0.1) is 5.41 Å². The Kier molecular flexibility index (Phi) is 4.46. The van der Waals surface area contributed by atoms with E-state index in [1.54, 1.807) is 30.3 Å². The van der Waals surface area contributed by atoms with E-state index in [9.17, 15) is 13.2 Å². The van der Waals surface area contributed by atoms with E-state index in [1.807, 2.05) is 0 Å². The molecular formula is C11H13F3O. The van der Waals surface area contributed by atoms with Crippen molar-refractivity contribution < 1.29 is 17.9 Å². The fourth-order valence-corrected chi connectivity index (χ4v) is 0.976. The van der Waals surface area contributed by atoms with Crippen LogP contribution in [-0.4, -0.2) is 26.6 Å². The first-order valence-corrected chi connectivity index (χ1v) is 4.62. The van der Waals surface area contributed by atoms with E-state index < -0.39 is 25.4 Å². The Morgan fingerprint density at radius 3 is 1.93 bits per heavy atom. The number of benzene rings is 1. The molecule has 0 saturated carbocycles. The standard InChI is InChI=1S/C11H13F3O/c12-6-11(7-13,8-14)9-15-10-4-2-1-3-5-10/h1-5H,6-9H2. The van der Waals surface area contributed by atoms with Crippen molar-refractivity contribution >= 4 is 0 Å². The molecule has 0 aliphatic carbocycles. The minimum absolute atomic E-state index is 0.291. The highest BCUT2D eigenvalue weighted by atomic mass is 19.1. The lowest BCUT2D eigenvalue weighted by atomic mass is 9.95. The van der Waals surface area contributed by atoms with Crippen molar-refractivity contribution in [1.82, 2.24) is 0 Å². The molecule has 1 nitrogen and oxygen atoms in total. The summed E-state index contributed by atoms with van der Waals surface area (Å²) in [5, 5.41) is 0. The largest absolute Gasteiger partial charge is 0.493 e. The molecular weight excluding hydrogens is 205 g/mol. The number of rotatable bonds is 6. The molecule has 0 aliphatic heterocycles. The summed E-state index contributed by atoms with van der Waals surface area (Å²) < 4.78 is 42.5. The Bertz CT molecular complexity index is 264. The van der Waals surface area contributed by atoms with E-state index in [1.165, 1.54) is 0 Å². The molecule has 15 heavy (non-hydrogen) atoms. The molecule has 0 aliphatic rings. The number of halogens is 3. The predicted octanol–water partition coefficient (Wildman–Crippen LogP) is 2.96. The molecule has 0 aromatic heterocycles. The average Bonchev–Trinajstić information content (AvgIpc) is 2.33. The highest BCUT2D eigenvalue weighted by Crippen LogP contribution is 2.22. The molecule has 0 radical (unpaired) electrons. The van der Waals surface area contributed by atoms with Gasteiger partial charge in [-0.1, -0.05) is 18.2 Å². The van der Waals surface area contributed by atoms with Gasteiger partial charge in [0.05, 0.1) is 5.41 Å². The fraction of sp³-hybridized carbons (Fsp3) is 0.455. The Balaban J connectivity index is 2.54. The minimum atomic E-state index is -1.64. The fourth-order valence-electron chi connectivity index (χ4n) is 0.976. The van der Waals surface area contributed by atoms with E-state index >= 15 is 0 Å². The molecule has 0 fully saturated rings. The zero-order chi connectivity index (χ0) is 11.1. The zero-order valence-corrected chi connectivity index (χ0v) is 8.26. The second kappa shape index (κ2) is 5.63. The summed E-state index contributed by atoms with van der Waals surface area (Å²) in [6.45, 7) is -3.48. The van der Waals surface area contributed by atoms with Crippen molar-refractivity contribution in [2.45, 2.75) is 0 Å². The molecule has 84 valence electrons. The van der Waals surface area contributed by atoms with Crippen molar-refractivity contribution in [3.05, 3.63) is 30.3 Å². The van der Waals surface area contributed by atoms with Crippen LogP contribution in [-0.2, 0) is 0 Å². The molecule has 0 unspecified atom stereocenters. The molecule has 0 heterocycles. The van der Waals surface area contributed by atoms with Gasteiger partial charge in [-0.3, -0.25) is 13.2 Å². The third kappa shape index (κ3) is 3.15. The molecule has 0 atom stereocenters. The lowest BCUT2D eigenvalue weighted by Gasteiger charge is -2.23. The van der Waals surface area contributed by atoms with Gasteiger partial charge in [0.15, 0.2) is 0 Å². The van der Waals surface area contributed by atoms with E-state index in [2.05, 4.69) is 0 Å². The first kappa shape index (κ1) is 11.9. The van der Waals surface area contributed by atoms with Crippen molar-refractivity contribution in [1.29, 1.82) is 0 Å². The Hall–Kier alpha value is -1.19. The van der Waals surface area contributed by atoms with Gasteiger partial charge in [-0.05, 0) is 12.1 Å². The average molecular weight is 218 g/mol. The van der Waals surface area contributed by atoms with Crippen molar-refractivity contribution in [2.75, 3.05) is 26.6 Å². The Morgan fingerprint density at radius 1 is 0.933 bits per heavy atom. The summed E-state index contributed by atoms with van der Waals surface area (Å²) in [5.41, 5.74) is -1.64. The van der Waals surface area contributed by atoms with Gasteiger partial charge in [0.2, 0.25) is 0 Å². The summed E-state index contributed by atoms with van der Waals surface area (Å²) in [4.78, 5) is 0. The van der Waals surface area contributed by atoms with Gasteiger partial charge in [0.25, 0.3) is 0 Å². The van der Waals surface area contributed by atoms with Crippen LogP contribution in [0.2, 0.25) is 0 Å². The van der Waals surface area contributed by atoms with Crippen LogP contribution in [0.3, 0.4) is 0 Å². The van der Waals surface area contributed by atoms with Crippen LogP contribution < -0.4 is 4.74 Å². The van der Waals surface area contributed by atoms with Gasteiger partial charge < -0.3 is 4.74 Å². The molecule has 0 N–H and O–H groups in total. The number of hydrogen-bond donors (Lipinski definition) is 0. The first-order valence-electron chi connectivity index (χ1n) is 4.62. The first-order chi connectivity index (χ1) is 7.26. The number of alkyl halides is 3. The van der Waals surface area contributed by atoms with E-state index in [-0.39, 0.29) is 6.61 Å². The molecule has 1 aromatic rings. The highest BCUT2D eigenvalue weighted by molar-refractivity contribution is 5.21. The third-order valence-electron chi connectivity index (χ3n) is 2.14. The van der Waals surface area contributed by atoms with Gasteiger partial charge >= 0.3 is 0 Å². The predicted molar refractivity (Wildman–Crippen MR) is 52.3 cm³/mol. The van der Waals surface area contributed by atoms with E-state index in [0.717, 1.165) is 0 Å². The topological polar surface area (TPSA) is 9.23 Å². The molecule has 1 rings (SSSR count). The summed E-state index contributed by atoms with van der Waals surface area (Å²) in [6.07, 6.45) is 0. The monoisotopic (exact) mass is 218 g/mol. The maximum absolute atomic E-state index is 12.5. The van der Waals surface area contributed by atoms with Crippen LogP contribution in [0.15, 0.2) is 30.3 Å². The van der Waals surface area contributed by atoms with Crippen LogP contribution in [0.5, 0.6) is 5.75 Å². The molecule has 0 bridgehead atoms. The summed E-state index contributed by atoms with van der Waals surface area (Å²) in [7, 11) is 0. The smallest absolute Gasteiger partial charge is 0.119 e. The van der Waals surface area contributed by atoms with Crippen LogP contribution >= 0.6 is 0 Å². The second-order valence-corrected chi connectivity index (χ2v) is 3.50. The summed E-state index contributed by atoms with van der Waals surface area (Å²) >= 11 is 0. The Morgan fingerprint density at radius 2 is 1.47 bits per heavy atom. The summed E-state index contributed by atoms with van der Waals surface area (Å²) in [5.74, 6) is 0.484. The van der Waals surface area contributed by atoms with Crippen LogP contribution in [0.1, 0.15) is 0 Å². The minimum Gasteiger partial charge on any atom is -0.493 e. The van der Waals surface area contributed by atoms with Gasteiger partial charge in [0.1, 0.15) is 32.4 Å². The number of hydrogen-bond acceptors (Lipinski definition) is 1. The second-order valence-electron chi connectivity index (χ2n) is 3.50. The van der Waals surface area contributed by atoms with Gasteiger partial charge in [-0.25, -0.2) is 0 Å². The lowest BCUT2D eigenvalue weighted by molar-refractivity contribution is 0.0543. The lowest BCUT2D eigenvalue weighted by Crippen LogP contribution is -2.35.